The molecule has 0 aliphatic carbocycles. The molecule has 16 heteroatoms. The summed E-state index contributed by atoms with van der Waals surface area (Å²) in [5, 5.41) is 93.2. The predicted molar refractivity (Wildman–Crippen MR) is 111 cm³/mol. The number of carbonyl (C=O) groups excluding carboxylic acids is 1. The van der Waals surface area contributed by atoms with E-state index in [4.69, 9.17) is 23.7 Å². The highest BCUT2D eigenvalue weighted by Gasteiger charge is 2.51. The molecule has 3 fully saturated rings. The lowest BCUT2D eigenvalue weighted by Gasteiger charge is -2.47. The Morgan fingerprint density at radius 2 is 1.39 bits per heavy atom. The van der Waals surface area contributed by atoms with E-state index in [1.807, 2.05) is 0 Å². The maximum atomic E-state index is 11.6. The molecular weight excluding hydrogens is 494 g/mol. The van der Waals surface area contributed by atoms with Crippen LogP contribution in [-0.4, -0.2) is 157 Å². The first-order valence-electron chi connectivity index (χ1n) is 11.4. The van der Waals surface area contributed by atoms with E-state index in [-0.39, 0.29) is 0 Å². The van der Waals surface area contributed by atoms with Gasteiger partial charge in [-0.3, -0.25) is 4.79 Å². The maximum absolute atomic E-state index is 11.6. The Labute approximate surface area is 205 Å². The average Bonchev–Trinajstić information content (AvgIpc) is 2.83. The first-order valence-corrected chi connectivity index (χ1v) is 11.4. The number of ether oxygens (including phenoxy) is 5. The normalized spacial score (nSPS) is 50.0. The van der Waals surface area contributed by atoms with Crippen molar-refractivity contribution in [3.63, 3.8) is 0 Å². The van der Waals surface area contributed by atoms with E-state index in [9.17, 15) is 50.8 Å². The van der Waals surface area contributed by atoms with Gasteiger partial charge in [0, 0.05) is 6.92 Å². The number of aliphatic hydroxyl groups excluding tert-OH is 9. The minimum atomic E-state index is -1.83. The zero-order valence-corrected chi connectivity index (χ0v) is 19.5. The molecule has 3 heterocycles. The van der Waals surface area contributed by atoms with Crippen LogP contribution in [-0.2, 0) is 28.5 Å². The summed E-state index contributed by atoms with van der Waals surface area (Å²) in [4.78, 5) is 11.6. The topological polar surface area (TPSA) is 257 Å². The van der Waals surface area contributed by atoms with Gasteiger partial charge < -0.3 is 75.0 Å². The summed E-state index contributed by atoms with van der Waals surface area (Å²) in [7, 11) is 0. The Kier molecular flexibility index (Phi) is 9.97. The van der Waals surface area contributed by atoms with Gasteiger partial charge in [-0.15, -0.1) is 0 Å². The molecule has 36 heavy (non-hydrogen) atoms. The van der Waals surface area contributed by atoms with Gasteiger partial charge in [0.05, 0.1) is 19.3 Å². The van der Waals surface area contributed by atoms with Gasteiger partial charge in [0.15, 0.2) is 18.9 Å². The molecule has 16 nitrogen and oxygen atoms in total. The fourth-order valence-electron chi connectivity index (χ4n) is 4.30. The molecular formula is C20H35NO15. The third kappa shape index (κ3) is 6.13. The third-order valence-corrected chi connectivity index (χ3v) is 6.44. The Balaban J connectivity index is 1.78. The molecule has 0 saturated carbocycles. The van der Waals surface area contributed by atoms with Crippen LogP contribution in [0.3, 0.4) is 0 Å². The van der Waals surface area contributed by atoms with Crippen molar-refractivity contribution in [3.8, 4) is 0 Å². The summed E-state index contributed by atoms with van der Waals surface area (Å²) in [6.45, 7) is 1.28. The molecule has 3 aliphatic rings. The molecule has 0 aromatic carbocycles. The molecule has 0 aromatic heterocycles. The number of hydrogen-bond donors (Lipinski definition) is 10. The lowest BCUT2D eigenvalue weighted by Crippen LogP contribution is -2.67. The van der Waals surface area contributed by atoms with E-state index in [0.29, 0.717) is 0 Å². The first-order chi connectivity index (χ1) is 16.9. The van der Waals surface area contributed by atoms with E-state index in [0.717, 1.165) is 6.92 Å². The zero-order chi connectivity index (χ0) is 26.9. The van der Waals surface area contributed by atoms with Gasteiger partial charge >= 0.3 is 0 Å². The summed E-state index contributed by atoms with van der Waals surface area (Å²) in [5.74, 6) is -0.622. The fraction of sp³-hybridized carbons (Fsp3) is 0.950. The smallest absolute Gasteiger partial charge is 0.217 e. The minimum Gasteiger partial charge on any atom is -0.394 e. The van der Waals surface area contributed by atoms with Crippen molar-refractivity contribution in [1.29, 1.82) is 0 Å². The Hall–Kier alpha value is -1.09. The van der Waals surface area contributed by atoms with Crippen LogP contribution in [0.1, 0.15) is 13.8 Å². The monoisotopic (exact) mass is 529 g/mol. The zero-order valence-electron chi connectivity index (χ0n) is 19.5. The molecule has 1 amide bonds. The van der Waals surface area contributed by atoms with Crippen LogP contribution < -0.4 is 5.32 Å². The number of nitrogens with one attached hydrogen (secondary N) is 1. The van der Waals surface area contributed by atoms with Crippen molar-refractivity contribution < 1.29 is 74.4 Å². The highest BCUT2D eigenvalue weighted by atomic mass is 16.7. The number of carbonyl (C=O) groups is 1. The van der Waals surface area contributed by atoms with E-state index < -0.39 is 111 Å². The molecule has 0 aromatic rings. The SMILES string of the molecule is CC(=O)N[C@@H]1[C@@H](O)[C@H](O[C@@H]2O[C@H](CO)[C@@H](O)[C@H](O)[C@H]2O)[C@@H](CO[C@@H]2O[C@@H](C)[C@@H](O)[C@@H](O)[C@@H]2O)O[C@H]1O. The maximum Gasteiger partial charge on any atom is 0.217 e. The van der Waals surface area contributed by atoms with Gasteiger partial charge in [0.2, 0.25) is 5.91 Å². The van der Waals surface area contributed by atoms with Crippen LogP contribution in [0.5, 0.6) is 0 Å². The molecule has 10 N–H and O–H groups in total. The van der Waals surface area contributed by atoms with Crippen molar-refractivity contribution >= 4 is 5.91 Å². The van der Waals surface area contributed by atoms with E-state index >= 15 is 0 Å². The third-order valence-electron chi connectivity index (χ3n) is 6.44. The predicted octanol–water partition coefficient (Wildman–Crippen LogP) is -6.40. The van der Waals surface area contributed by atoms with Gasteiger partial charge in [-0.05, 0) is 6.92 Å². The summed E-state index contributed by atoms with van der Waals surface area (Å²) >= 11 is 0. The first kappa shape index (κ1) is 29.5. The van der Waals surface area contributed by atoms with Crippen molar-refractivity contribution in [1.82, 2.24) is 5.32 Å². The Morgan fingerprint density at radius 3 is 2.00 bits per heavy atom. The van der Waals surface area contributed by atoms with Crippen LogP contribution in [0.25, 0.3) is 0 Å². The highest BCUT2D eigenvalue weighted by Crippen LogP contribution is 2.30. The lowest BCUT2D eigenvalue weighted by atomic mass is 9.95. The van der Waals surface area contributed by atoms with Crippen LogP contribution >= 0.6 is 0 Å². The van der Waals surface area contributed by atoms with Gasteiger partial charge in [-0.2, -0.15) is 0 Å². The number of hydrogen-bond acceptors (Lipinski definition) is 15. The molecule has 210 valence electrons. The quantitative estimate of drug-likeness (QED) is 0.147. The van der Waals surface area contributed by atoms with E-state index in [2.05, 4.69) is 5.32 Å². The number of amides is 1. The molecule has 3 saturated heterocycles. The van der Waals surface area contributed by atoms with Crippen LogP contribution in [0.2, 0.25) is 0 Å². The lowest BCUT2D eigenvalue weighted by molar-refractivity contribution is -0.353. The summed E-state index contributed by atoms with van der Waals surface area (Å²) in [5.41, 5.74) is 0. The van der Waals surface area contributed by atoms with Gasteiger partial charge in [-0.25, -0.2) is 0 Å². The van der Waals surface area contributed by atoms with E-state index in [1.165, 1.54) is 6.92 Å². The molecule has 3 aliphatic heterocycles. The largest absolute Gasteiger partial charge is 0.394 e. The highest BCUT2D eigenvalue weighted by molar-refractivity contribution is 5.73. The van der Waals surface area contributed by atoms with Crippen molar-refractivity contribution in [2.24, 2.45) is 0 Å². The summed E-state index contributed by atoms with van der Waals surface area (Å²) in [6.07, 6.45) is -21.6. The minimum absolute atomic E-state index is 0.541. The summed E-state index contributed by atoms with van der Waals surface area (Å²) in [6, 6.07) is -1.40. The molecule has 0 radical (unpaired) electrons. The number of aliphatic hydroxyl groups is 9. The number of rotatable bonds is 7. The average molecular weight is 529 g/mol. The van der Waals surface area contributed by atoms with Crippen LogP contribution in [0.15, 0.2) is 0 Å². The van der Waals surface area contributed by atoms with Gasteiger partial charge in [-0.1, -0.05) is 0 Å². The Bertz CT molecular complexity index is 729. The molecule has 3 rings (SSSR count). The second-order valence-electron chi connectivity index (χ2n) is 9.09. The van der Waals surface area contributed by atoms with Gasteiger partial charge in [0.25, 0.3) is 0 Å². The van der Waals surface area contributed by atoms with Crippen molar-refractivity contribution in [2.75, 3.05) is 13.2 Å². The van der Waals surface area contributed by atoms with E-state index in [1.54, 1.807) is 0 Å². The van der Waals surface area contributed by atoms with Crippen molar-refractivity contribution in [3.05, 3.63) is 0 Å². The second-order valence-corrected chi connectivity index (χ2v) is 9.09. The molecule has 0 bridgehead atoms. The van der Waals surface area contributed by atoms with Gasteiger partial charge in [0.1, 0.15) is 67.1 Å². The molecule has 0 spiro atoms. The Morgan fingerprint density at radius 1 is 0.778 bits per heavy atom. The molecule has 0 unspecified atom stereocenters. The van der Waals surface area contributed by atoms with Crippen molar-refractivity contribution in [2.45, 2.75) is 106 Å². The fourth-order valence-corrected chi connectivity index (χ4v) is 4.30. The summed E-state index contributed by atoms with van der Waals surface area (Å²) < 4.78 is 27.2. The van der Waals surface area contributed by atoms with Crippen LogP contribution in [0, 0.1) is 0 Å². The van der Waals surface area contributed by atoms with Crippen LogP contribution in [0.4, 0.5) is 0 Å². The molecule has 15 atom stereocenters. The standard InChI is InChI=1S/C20H35NO15/c1-5-10(24)13(27)15(29)19(33-5)32-4-8-17(12(26)9(18(31)34-8)21-6(2)23)36-20-16(30)14(28)11(25)7(3-22)35-20/h5,7-20,22,24-31H,3-4H2,1-2H3,(H,21,23)/t5-,7+,8+,9+,10+,11+,12+,13+,14-,15-,16+,17+,18+,19+,20-/m0/s1. The second kappa shape index (κ2) is 12.2.